The van der Waals surface area contributed by atoms with Gasteiger partial charge in [0.2, 0.25) is 0 Å². The van der Waals surface area contributed by atoms with E-state index in [0.717, 1.165) is 30.6 Å². The molecule has 18 heavy (non-hydrogen) atoms. The van der Waals surface area contributed by atoms with Crippen LogP contribution in [0.5, 0.6) is 0 Å². The Morgan fingerprint density at radius 2 is 1.72 bits per heavy atom. The molecule has 98 valence electrons. The number of aliphatic hydroxyl groups is 1. The van der Waals surface area contributed by atoms with Crippen LogP contribution in [0.15, 0.2) is 18.2 Å². The van der Waals surface area contributed by atoms with Crippen LogP contribution in [0.3, 0.4) is 0 Å². The van der Waals surface area contributed by atoms with Gasteiger partial charge in [0.15, 0.2) is 0 Å². The van der Waals surface area contributed by atoms with E-state index in [1.54, 1.807) is 6.07 Å². The predicted molar refractivity (Wildman–Crippen MR) is 70.0 cm³/mol. The Labute approximate surface area is 107 Å². The summed E-state index contributed by atoms with van der Waals surface area (Å²) in [5, 5.41) is 9.38. The van der Waals surface area contributed by atoms with E-state index in [2.05, 4.69) is 4.90 Å². The van der Waals surface area contributed by atoms with Crippen LogP contribution in [0.25, 0.3) is 0 Å². The average molecular weight is 249 g/mol. The van der Waals surface area contributed by atoms with Crippen molar-refractivity contribution in [3.05, 3.63) is 29.6 Å². The Balaban J connectivity index is 1.84. The topological polar surface area (TPSA) is 23.5 Å². The molecule has 0 aliphatic heterocycles. The van der Waals surface area contributed by atoms with E-state index in [4.69, 9.17) is 0 Å². The van der Waals surface area contributed by atoms with Crippen LogP contribution in [0.4, 0.5) is 10.1 Å². The zero-order chi connectivity index (χ0) is 12.5. The molecule has 3 rings (SSSR count). The van der Waals surface area contributed by atoms with Crippen LogP contribution < -0.4 is 4.90 Å². The third-order valence-corrected chi connectivity index (χ3v) is 3.94. The van der Waals surface area contributed by atoms with Gasteiger partial charge in [-0.3, -0.25) is 0 Å². The van der Waals surface area contributed by atoms with Crippen molar-refractivity contribution in [1.29, 1.82) is 0 Å². The highest BCUT2D eigenvalue weighted by atomic mass is 19.1. The summed E-state index contributed by atoms with van der Waals surface area (Å²) >= 11 is 0. The van der Waals surface area contributed by atoms with E-state index in [1.165, 1.54) is 31.7 Å². The van der Waals surface area contributed by atoms with Gasteiger partial charge in [0.05, 0.1) is 6.61 Å². The van der Waals surface area contributed by atoms with Gasteiger partial charge in [0, 0.05) is 24.3 Å². The normalized spacial score (nSPS) is 19.0. The lowest BCUT2D eigenvalue weighted by molar-refractivity contribution is 0.276. The van der Waals surface area contributed by atoms with Crippen molar-refractivity contribution in [2.24, 2.45) is 11.8 Å². The molecule has 2 fully saturated rings. The third-order valence-electron chi connectivity index (χ3n) is 3.94. The molecular weight excluding hydrogens is 229 g/mol. The molecule has 2 aliphatic rings. The van der Waals surface area contributed by atoms with Crippen molar-refractivity contribution in [3.63, 3.8) is 0 Å². The van der Waals surface area contributed by atoms with E-state index in [0.29, 0.717) is 5.56 Å². The molecule has 1 N–H and O–H groups in total. The lowest BCUT2D eigenvalue weighted by Crippen LogP contribution is -2.29. The number of aliphatic hydroxyl groups excluding tert-OH is 1. The maximum atomic E-state index is 13.7. The molecular formula is C15H20FNO. The minimum Gasteiger partial charge on any atom is -0.391 e. The standard InChI is InChI=1S/C15H20FNO/c16-14-2-1-3-15(13(14)10-18)17(8-11-4-5-11)9-12-6-7-12/h1-3,11-12,18H,4-10H2. The van der Waals surface area contributed by atoms with E-state index in [9.17, 15) is 9.50 Å². The Bertz CT molecular complexity index is 413. The third kappa shape index (κ3) is 2.66. The van der Waals surface area contributed by atoms with Crippen molar-refractivity contribution < 1.29 is 9.50 Å². The van der Waals surface area contributed by atoms with Gasteiger partial charge in [-0.05, 0) is 49.7 Å². The molecule has 2 saturated carbocycles. The van der Waals surface area contributed by atoms with Crippen molar-refractivity contribution in [3.8, 4) is 0 Å². The highest BCUT2D eigenvalue weighted by Gasteiger charge is 2.30. The first-order valence-corrected chi connectivity index (χ1v) is 6.91. The molecule has 0 atom stereocenters. The fraction of sp³-hybridized carbons (Fsp3) is 0.600. The van der Waals surface area contributed by atoms with Crippen LogP contribution >= 0.6 is 0 Å². The van der Waals surface area contributed by atoms with Crippen molar-refractivity contribution in [1.82, 2.24) is 0 Å². The summed E-state index contributed by atoms with van der Waals surface area (Å²) in [4.78, 5) is 2.30. The van der Waals surface area contributed by atoms with Crippen LogP contribution in [0, 0.1) is 17.7 Å². The molecule has 0 saturated heterocycles. The Kier molecular flexibility index (Phi) is 3.25. The van der Waals surface area contributed by atoms with Gasteiger partial charge in [0.25, 0.3) is 0 Å². The van der Waals surface area contributed by atoms with Crippen LogP contribution in [0.2, 0.25) is 0 Å². The quantitative estimate of drug-likeness (QED) is 0.838. The van der Waals surface area contributed by atoms with Gasteiger partial charge in [0.1, 0.15) is 5.82 Å². The number of hydrogen-bond acceptors (Lipinski definition) is 2. The van der Waals surface area contributed by atoms with Gasteiger partial charge in [-0.2, -0.15) is 0 Å². The van der Waals surface area contributed by atoms with E-state index < -0.39 is 0 Å². The summed E-state index contributed by atoms with van der Waals surface area (Å²) in [5.41, 5.74) is 1.36. The lowest BCUT2D eigenvalue weighted by atomic mass is 10.1. The molecule has 2 nitrogen and oxygen atoms in total. The fourth-order valence-corrected chi connectivity index (χ4v) is 2.50. The Morgan fingerprint density at radius 3 is 2.22 bits per heavy atom. The van der Waals surface area contributed by atoms with Gasteiger partial charge >= 0.3 is 0 Å². The molecule has 0 spiro atoms. The molecule has 3 heteroatoms. The summed E-state index contributed by atoms with van der Waals surface area (Å²) in [6.45, 7) is 1.83. The number of anilines is 1. The smallest absolute Gasteiger partial charge is 0.130 e. The molecule has 0 heterocycles. The molecule has 0 bridgehead atoms. The second-order valence-corrected chi connectivity index (χ2v) is 5.69. The molecule has 0 unspecified atom stereocenters. The second kappa shape index (κ2) is 4.88. The van der Waals surface area contributed by atoms with Crippen LogP contribution in [-0.4, -0.2) is 18.2 Å². The molecule has 0 aromatic heterocycles. The minimum atomic E-state index is -0.286. The monoisotopic (exact) mass is 249 g/mol. The number of nitrogens with zero attached hydrogens (tertiary/aromatic N) is 1. The maximum Gasteiger partial charge on any atom is 0.130 e. The number of halogens is 1. The summed E-state index contributed by atoms with van der Waals surface area (Å²) in [6, 6.07) is 5.12. The summed E-state index contributed by atoms with van der Waals surface area (Å²) < 4.78 is 13.7. The summed E-state index contributed by atoms with van der Waals surface area (Å²) in [5.74, 6) is 1.27. The summed E-state index contributed by atoms with van der Waals surface area (Å²) in [6.07, 6.45) is 5.19. The van der Waals surface area contributed by atoms with Crippen LogP contribution in [0.1, 0.15) is 31.2 Å². The van der Waals surface area contributed by atoms with Gasteiger partial charge in [-0.25, -0.2) is 4.39 Å². The highest BCUT2D eigenvalue weighted by molar-refractivity contribution is 5.54. The number of hydrogen-bond donors (Lipinski definition) is 1. The van der Waals surface area contributed by atoms with E-state index in [1.807, 2.05) is 6.07 Å². The van der Waals surface area contributed by atoms with Crippen molar-refractivity contribution >= 4 is 5.69 Å². The van der Waals surface area contributed by atoms with E-state index in [-0.39, 0.29) is 12.4 Å². The SMILES string of the molecule is OCc1c(F)cccc1N(CC1CC1)CC1CC1. The number of benzene rings is 1. The molecule has 0 amide bonds. The minimum absolute atomic E-state index is 0.214. The molecule has 1 aromatic rings. The van der Waals surface area contributed by atoms with Crippen LogP contribution in [-0.2, 0) is 6.61 Å². The zero-order valence-corrected chi connectivity index (χ0v) is 10.6. The maximum absolute atomic E-state index is 13.7. The zero-order valence-electron chi connectivity index (χ0n) is 10.6. The fourth-order valence-electron chi connectivity index (χ4n) is 2.50. The Hall–Kier alpha value is -1.09. The second-order valence-electron chi connectivity index (χ2n) is 5.69. The molecule has 1 aromatic carbocycles. The van der Waals surface area contributed by atoms with Gasteiger partial charge < -0.3 is 10.0 Å². The van der Waals surface area contributed by atoms with E-state index >= 15 is 0 Å². The average Bonchev–Trinajstić information content (AvgIpc) is 3.22. The molecule has 0 radical (unpaired) electrons. The predicted octanol–water partition coefficient (Wildman–Crippen LogP) is 2.94. The lowest BCUT2D eigenvalue weighted by Gasteiger charge is -2.27. The first-order chi connectivity index (χ1) is 8.78. The first-order valence-electron chi connectivity index (χ1n) is 6.91. The van der Waals surface area contributed by atoms with Gasteiger partial charge in [-0.15, -0.1) is 0 Å². The van der Waals surface area contributed by atoms with Crippen molar-refractivity contribution in [2.45, 2.75) is 32.3 Å². The largest absolute Gasteiger partial charge is 0.391 e. The highest BCUT2D eigenvalue weighted by Crippen LogP contribution is 2.37. The first kappa shape index (κ1) is 12.0. The number of rotatable bonds is 6. The Morgan fingerprint density at radius 1 is 1.11 bits per heavy atom. The molecule has 2 aliphatic carbocycles. The van der Waals surface area contributed by atoms with Crippen molar-refractivity contribution in [2.75, 3.05) is 18.0 Å². The summed E-state index contributed by atoms with van der Waals surface area (Å²) in [7, 11) is 0. The van der Waals surface area contributed by atoms with Gasteiger partial charge in [-0.1, -0.05) is 6.07 Å².